The summed E-state index contributed by atoms with van der Waals surface area (Å²) in [5, 5.41) is 3.07. The van der Waals surface area contributed by atoms with E-state index in [2.05, 4.69) is 10.2 Å². The van der Waals surface area contributed by atoms with Gasteiger partial charge in [0.25, 0.3) is 11.8 Å². The molecule has 1 aliphatic heterocycles. The van der Waals surface area contributed by atoms with Gasteiger partial charge in [0, 0.05) is 18.9 Å². The number of carbonyl (C=O) groups excluding carboxylic acids is 3. The Morgan fingerprint density at radius 3 is 2.19 bits per heavy atom. The van der Waals surface area contributed by atoms with Gasteiger partial charge in [-0.2, -0.15) is 0 Å². The van der Waals surface area contributed by atoms with E-state index in [1.54, 1.807) is 0 Å². The van der Waals surface area contributed by atoms with Crippen LogP contribution in [0.3, 0.4) is 0 Å². The standard InChI is InChI=1S/C10H16N2O4/c1-6(2)7(3)11-10(15)16-12-8(13)4-5-9(12)14/h6-7H,4-5H2,1-3H3,(H,11,15). The number of imide groups is 1. The van der Waals surface area contributed by atoms with Crippen LogP contribution in [0.2, 0.25) is 0 Å². The molecule has 1 aliphatic rings. The van der Waals surface area contributed by atoms with E-state index < -0.39 is 17.9 Å². The van der Waals surface area contributed by atoms with E-state index in [0.29, 0.717) is 5.06 Å². The predicted octanol–water partition coefficient (Wildman–Crippen LogP) is 0.821. The summed E-state index contributed by atoms with van der Waals surface area (Å²) in [4.78, 5) is 38.2. The first kappa shape index (κ1) is 12.5. The molecule has 0 aliphatic carbocycles. The maximum Gasteiger partial charge on any atom is 0.432 e. The lowest BCUT2D eigenvalue weighted by molar-refractivity contribution is -0.171. The predicted molar refractivity (Wildman–Crippen MR) is 55.0 cm³/mol. The average Bonchev–Trinajstić information content (AvgIpc) is 2.49. The van der Waals surface area contributed by atoms with Gasteiger partial charge in [-0.25, -0.2) is 4.79 Å². The van der Waals surface area contributed by atoms with Crippen LogP contribution < -0.4 is 5.32 Å². The Kier molecular flexibility index (Phi) is 3.87. The third-order valence-electron chi connectivity index (χ3n) is 2.53. The molecule has 0 spiro atoms. The summed E-state index contributed by atoms with van der Waals surface area (Å²) >= 11 is 0. The van der Waals surface area contributed by atoms with Crippen molar-refractivity contribution in [1.29, 1.82) is 0 Å². The van der Waals surface area contributed by atoms with Crippen molar-refractivity contribution in [3.05, 3.63) is 0 Å². The van der Waals surface area contributed by atoms with E-state index in [-0.39, 0.29) is 24.8 Å². The molecule has 0 bridgehead atoms. The maximum absolute atomic E-state index is 11.3. The maximum atomic E-state index is 11.3. The van der Waals surface area contributed by atoms with Gasteiger partial charge in [0.2, 0.25) is 0 Å². The molecule has 1 atom stereocenters. The van der Waals surface area contributed by atoms with E-state index >= 15 is 0 Å². The third-order valence-corrected chi connectivity index (χ3v) is 2.53. The number of amides is 3. The first-order valence-corrected chi connectivity index (χ1v) is 5.26. The van der Waals surface area contributed by atoms with Crippen molar-refractivity contribution in [3.8, 4) is 0 Å². The number of nitrogens with zero attached hydrogens (tertiary/aromatic N) is 1. The number of rotatable bonds is 3. The van der Waals surface area contributed by atoms with Crippen molar-refractivity contribution in [2.75, 3.05) is 0 Å². The fourth-order valence-electron chi connectivity index (χ4n) is 1.12. The van der Waals surface area contributed by atoms with Gasteiger partial charge in [-0.15, -0.1) is 5.06 Å². The number of hydroxylamine groups is 2. The lowest BCUT2D eigenvalue weighted by Crippen LogP contribution is -2.42. The monoisotopic (exact) mass is 228 g/mol. The van der Waals surface area contributed by atoms with Crippen molar-refractivity contribution in [1.82, 2.24) is 10.4 Å². The van der Waals surface area contributed by atoms with Gasteiger partial charge in [-0.05, 0) is 12.8 Å². The van der Waals surface area contributed by atoms with Gasteiger partial charge < -0.3 is 10.2 Å². The minimum Gasteiger partial charge on any atom is -0.317 e. The summed E-state index contributed by atoms with van der Waals surface area (Å²) in [6.45, 7) is 5.70. The summed E-state index contributed by atoms with van der Waals surface area (Å²) in [6.07, 6.45) is -0.567. The minimum absolute atomic E-state index is 0.0830. The van der Waals surface area contributed by atoms with Gasteiger partial charge in [0.05, 0.1) is 0 Å². The van der Waals surface area contributed by atoms with Gasteiger partial charge in [-0.1, -0.05) is 13.8 Å². The molecule has 0 aromatic carbocycles. The molecule has 1 N–H and O–H groups in total. The van der Waals surface area contributed by atoms with E-state index in [1.807, 2.05) is 20.8 Å². The molecule has 6 nitrogen and oxygen atoms in total. The van der Waals surface area contributed by atoms with Crippen molar-refractivity contribution in [2.24, 2.45) is 5.92 Å². The van der Waals surface area contributed by atoms with Crippen LogP contribution in [0.1, 0.15) is 33.6 Å². The van der Waals surface area contributed by atoms with Crippen LogP contribution in [-0.2, 0) is 14.4 Å². The quantitative estimate of drug-likeness (QED) is 0.725. The molecular formula is C10H16N2O4. The molecule has 0 saturated carbocycles. The highest BCUT2D eigenvalue weighted by Gasteiger charge is 2.33. The zero-order valence-corrected chi connectivity index (χ0v) is 9.65. The summed E-state index contributed by atoms with van der Waals surface area (Å²) in [6, 6.07) is -0.0830. The molecule has 6 heteroatoms. The Hall–Kier alpha value is -1.59. The zero-order valence-electron chi connectivity index (χ0n) is 9.65. The highest BCUT2D eigenvalue weighted by Crippen LogP contribution is 2.12. The first-order chi connectivity index (χ1) is 7.41. The number of hydrogen-bond donors (Lipinski definition) is 1. The molecule has 0 aromatic rings. The molecule has 1 saturated heterocycles. The summed E-state index contributed by atoms with van der Waals surface area (Å²) in [5.74, 6) is -0.702. The van der Waals surface area contributed by atoms with E-state index in [4.69, 9.17) is 0 Å². The Bertz CT molecular complexity index is 298. The molecule has 1 heterocycles. The number of hydrogen-bond acceptors (Lipinski definition) is 4. The Morgan fingerprint density at radius 2 is 1.75 bits per heavy atom. The molecule has 1 rings (SSSR count). The Balaban J connectivity index is 2.45. The number of carbonyl (C=O) groups is 3. The average molecular weight is 228 g/mol. The van der Waals surface area contributed by atoms with Gasteiger partial charge >= 0.3 is 6.09 Å². The largest absolute Gasteiger partial charge is 0.432 e. The molecule has 16 heavy (non-hydrogen) atoms. The van der Waals surface area contributed by atoms with E-state index in [1.165, 1.54) is 0 Å². The molecule has 3 amide bonds. The third kappa shape index (κ3) is 2.95. The van der Waals surface area contributed by atoms with Crippen LogP contribution in [0.5, 0.6) is 0 Å². The van der Waals surface area contributed by atoms with Gasteiger partial charge in [0.1, 0.15) is 0 Å². The topological polar surface area (TPSA) is 75.7 Å². The van der Waals surface area contributed by atoms with Crippen molar-refractivity contribution in [3.63, 3.8) is 0 Å². The molecule has 1 unspecified atom stereocenters. The highest BCUT2D eigenvalue weighted by molar-refractivity contribution is 6.01. The van der Waals surface area contributed by atoms with E-state index in [9.17, 15) is 14.4 Å². The normalized spacial score (nSPS) is 17.9. The molecule has 90 valence electrons. The van der Waals surface area contributed by atoms with Gasteiger partial charge in [0.15, 0.2) is 0 Å². The molecule has 0 aromatic heterocycles. The summed E-state index contributed by atoms with van der Waals surface area (Å²) < 4.78 is 0. The van der Waals surface area contributed by atoms with Crippen LogP contribution in [0.15, 0.2) is 0 Å². The molecular weight excluding hydrogens is 212 g/mol. The van der Waals surface area contributed by atoms with Crippen molar-refractivity contribution in [2.45, 2.75) is 39.7 Å². The van der Waals surface area contributed by atoms with E-state index in [0.717, 1.165) is 0 Å². The Morgan fingerprint density at radius 1 is 1.25 bits per heavy atom. The molecule has 1 fully saturated rings. The fourth-order valence-corrected chi connectivity index (χ4v) is 1.12. The SMILES string of the molecule is CC(C)C(C)NC(=O)ON1C(=O)CCC1=O. The lowest BCUT2D eigenvalue weighted by atomic mass is 10.1. The highest BCUT2D eigenvalue weighted by atomic mass is 16.7. The number of nitrogens with one attached hydrogen (secondary N) is 1. The fraction of sp³-hybridized carbons (Fsp3) is 0.700. The second kappa shape index (κ2) is 4.96. The van der Waals surface area contributed by atoms with Crippen LogP contribution in [0.25, 0.3) is 0 Å². The first-order valence-electron chi connectivity index (χ1n) is 5.26. The van der Waals surface area contributed by atoms with Crippen LogP contribution in [-0.4, -0.2) is 29.0 Å². The minimum atomic E-state index is -0.773. The smallest absolute Gasteiger partial charge is 0.317 e. The van der Waals surface area contributed by atoms with Crippen LogP contribution in [0, 0.1) is 5.92 Å². The zero-order chi connectivity index (χ0) is 12.3. The van der Waals surface area contributed by atoms with Gasteiger partial charge in [-0.3, -0.25) is 9.59 Å². The second-order valence-electron chi connectivity index (χ2n) is 4.14. The summed E-state index contributed by atoms with van der Waals surface area (Å²) in [7, 11) is 0. The van der Waals surface area contributed by atoms with Crippen LogP contribution >= 0.6 is 0 Å². The van der Waals surface area contributed by atoms with Crippen molar-refractivity contribution < 1.29 is 19.2 Å². The molecule has 0 radical (unpaired) electrons. The Labute approximate surface area is 93.9 Å². The van der Waals surface area contributed by atoms with Crippen LogP contribution in [0.4, 0.5) is 4.79 Å². The lowest BCUT2D eigenvalue weighted by Gasteiger charge is -2.19. The van der Waals surface area contributed by atoms with Crippen molar-refractivity contribution >= 4 is 17.9 Å². The second-order valence-corrected chi connectivity index (χ2v) is 4.14. The summed E-state index contributed by atoms with van der Waals surface area (Å²) in [5.41, 5.74) is 0.